The molecule has 2 rings (SSSR count). The van der Waals surface area contributed by atoms with Gasteiger partial charge in [-0.2, -0.15) is 21.6 Å². The smallest absolute Gasteiger partial charge is 0.380 e. The highest BCUT2D eigenvalue weighted by atomic mass is 32.2. The summed E-state index contributed by atoms with van der Waals surface area (Å²) < 4.78 is 71.0. The van der Waals surface area contributed by atoms with Gasteiger partial charge in [-0.25, -0.2) is 0 Å². The second-order valence-electron chi connectivity index (χ2n) is 4.77. The maximum atomic E-state index is 12.8. The summed E-state index contributed by atoms with van der Waals surface area (Å²) in [6, 6.07) is 14.5. The number of hydrogen-bond acceptors (Lipinski definition) is 4. The van der Waals surface area contributed by atoms with Gasteiger partial charge in [0.05, 0.1) is 6.61 Å². The lowest BCUT2D eigenvalue weighted by molar-refractivity contribution is -0.0500. The van der Waals surface area contributed by atoms with Crippen LogP contribution < -0.4 is 10.4 Å². The first-order chi connectivity index (χ1) is 11.3. The molecule has 4 nitrogen and oxygen atoms in total. The third-order valence-corrected chi connectivity index (χ3v) is 7.02. The average molecular weight is 375 g/mol. The third-order valence-electron chi connectivity index (χ3n) is 3.07. The van der Waals surface area contributed by atoms with Gasteiger partial charge in [-0.15, -0.1) is 0 Å². The van der Waals surface area contributed by atoms with E-state index in [1.54, 1.807) is 54.6 Å². The molecule has 0 saturated heterocycles. The van der Waals surface area contributed by atoms with Crippen LogP contribution in [0.15, 0.2) is 54.6 Å². The zero-order valence-corrected chi connectivity index (χ0v) is 14.4. The lowest BCUT2D eigenvalue weighted by Crippen LogP contribution is -2.49. The van der Waals surface area contributed by atoms with Crippen molar-refractivity contribution in [3.05, 3.63) is 60.2 Å². The highest BCUT2D eigenvalue weighted by Crippen LogP contribution is 2.25. The van der Waals surface area contributed by atoms with Crippen LogP contribution in [-0.4, -0.2) is 30.1 Å². The maximum Gasteiger partial charge on any atom is 0.522 e. The van der Waals surface area contributed by atoms with Crippen LogP contribution in [0, 0.1) is 0 Å². The number of rotatable bonds is 6. The Balaban J connectivity index is 2.54. The van der Waals surface area contributed by atoms with Gasteiger partial charge in [-0.05, 0) is 15.9 Å². The lowest BCUT2D eigenvalue weighted by atomic mass is 10.2. The van der Waals surface area contributed by atoms with E-state index >= 15 is 0 Å². The molecule has 2 aromatic rings. The van der Waals surface area contributed by atoms with E-state index in [-0.39, 0.29) is 6.61 Å². The summed E-state index contributed by atoms with van der Waals surface area (Å²) in [7, 11) is -6.96. The number of ether oxygens (including phenoxy) is 1. The summed E-state index contributed by atoms with van der Waals surface area (Å²) in [6.07, 6.45) is 0. The molecule has 129 valence electrons. The quantitative estimate of drug-likeness (QED) is 0.571. The molecule has 0 aliphatic rings. The molecule has 0 aliphatic carbocycles. The summed E-state index contributed by atoms with van der Waals surface area (Å²) in [6.45, 7) is 0.132. The van der Waals surface area contributed by atoms with Crippen molar-refractivity contribution in [1.82, 2.24) is 0 Å². The van der Waals surface area contributed by atoms with Crippen molar-refractivity contribution in [3.63, 3.8) is 0 Å². The fourth-order valence-corrected chi connectivity index (χ4v) is 5.52. The SMILES string of the molecule is COCc1ccccc1[Si](OS(=O)(=O)C(F)(F)F)c1ccccc1. The Labute approximate surface area is 139 Å². The van der Waals surface area contributed by atoms with Gasteiger partial charge in [0.2, 0.25) is 0 Å². The Morgan fingerprint density at radius 1 is 1.00 bits per heavy atom. The Kier molecular flexibility index (Phi) is 5.81. The standard InChI is InChI=1S/C15H14F3O4SSi/c1-21-11-12-7-5-6-10-14(12)24(13-8-3-2-4-9-13)22-23(19,20)15(16,17)18/h2-10H,11H2,1H3. The van der Waals surface area contributed by atoms with E-state index in [1.165, 1.54) is 7.11 Å². The summed E-state index contributed by atoms with van der Waals surface area (Å²) in [5.74, 6) is 0. The van der Waals surface area contributed by atoms with Crippen LogP contribution in [0.2, 0.25) is 0 Å². The van der Waals surface area contributed by atoms with Gasteiger partial charge in [0.15, 0.2) is 0 Å². The van der Waals surface area contributed by atoms with Crippen LogP contribution >= 0.6 is 0 Å². The molecular formula is C15H14F3O4SSi. The molecule has 0 amide bonds. The Morgan fingerprint density at radius 2 is 1.58 bits per heavy atom. The number of alkyl halides is 3. The second kappa shape index (κ2) is 7.47. The maximum absolute atomic E-state index is 12.8. The number of halogens is 3. The van der Waals surface area contributed by atoms with E-state index in [0.29, 0.717) is 15.9 Å². The van der Waals surface area contributed by atoms with Gasteiger partial charge in [-0.1, -0.05) is 54.6 Å². The molecule has 9 heteroatoms. The predicted molar refractivity (Wildman–Crippen MR) is 84.7 cm³/mol. The lowest BCUT2D eigenvalue weighted by Gasteiger charge is -2.19. The molecule has 0 fully saturated rings. The second-order valence-corrected chi connectivity index (χ2v) is 8.58. The monoisotopic (exact) mass is 375 g/mol. The van der Waals surface area contributed by atoms with Gasteiger partial charge < -0.3 is 4.74 Å². The molecular weight excluding hydrogens is 361 g/mol. The topological polar surface area (TPSA) is 52.6 Å². The number of methoxy groups -OCH3 is 1. The molecule has 0 saturated carbocycles. The van der Waals surface area contributed by atoms with E-state index in [2.05, 4.69) is 3.87 Å². The minimum atomic E-state index is -5.72. The molecule has 0 atom stereocenters. The first-order valence-electron chi connectivity index (χ1n) is 6.76. The van der Waals surface area contributed by atoms with Crippen LogP contribution in [0.25, 0.3) is 0 Å². The number of benzene rings is 2. The molecule has 0 N–H and O–H groups in total. The van der Waals surface area contributed by atoms with E-state index < -0.39 is 24.7 Å². The minimum absolute atomic E-state index is 0.132. The zero-order chi connectivity index (χ0) is 17.8. The van der Waals surface area contributed by atoms with Crippen LogP contribution in [0.3, 0.4) is 0 Å². The zero-order valence-electron chi connectivity index (χ0n) is 12.6. The fourth-order valence-electron chi connectivity index (χ4n) is 2.02. The van der Waals surface area contributed by atoms with Crippen molar-refractivity contribution >= 4 is 29.5 Å². The largest absolute Gasteiger partial charge is 0.522 e. The van der Waals surface area contributed by atoms with E-state index in [1.807, 2.05) is 0 Å². The summed E-state index contributed by atoms with van der Waals surface area (Å²) >= 11 is 0. The molecule has 1 radical (unpaired) electrons. The van der Waals surface area contributed by atoms with Gasteiger partial charge in [-0.3, -0.25) is 3.87 Å². The Morgan fingerprint density at radius 3 is 2.17 bits per heavy atom. The normalized spacial score (nSPS) is 12.5. The summed E-state index contributed by atoms with van der Waals surface area (Å²) in [5, 5.41) is 0.780. The van der Waals surface area contributed by atoms with E-state index in [9.17, 15) is 21.6 Å². The van der Waals surface area contributed by atoms with Gasteiger partial charge in [0.25, 0.3) is 0 Å². The summed E-state index contributed by atoms with van der Waals surface area (Å²) in [4.78, 5) is 0. The van der Waals surface area contributed by atoms with E-state index in [0.717, 1.165) is 0 Å². The minimum Gasteiger partial charge on any atom is -0.380 e. The van der Waals surface area contributed by atoms with Gasteiger partial charge in [0.1, 0.15) is 0 Å². The molecule has 0 spiro atoms. The van der Waals surface area contributed by atoms with Crippen molar-refractivity contribution in [2.24, 2.45) is 0 Å². The third kappa shape index (κ3) is 4.23. The highest BCUT2D eigenvalue weighted by Gasteiger charge is 2.49. The summed E-state index contributed by atoms with van der Waals surface area (Å²) in [5.41, 5.74) is -4.90. The van der Waals surface area contributed by atoms with Crippen molar-refractivity contribution in [2.75, 3.05) is 7.11 Å². The Hall–Kier alpha value is -1.68. The Bertz CT molecular complexity index is 779. The molecule has 0 heterocycles. The van der Waals surface area contributed by atoms with E-state index in [4.69, 9.17) is 4.74 Å². The van der Waals surface area contributed by atoms with Gasteiger partial charge in [0, 0.05) is 7.11 Å². The number of hydrogen-bond donors (Lipinski definition) is 0. The van der Waals surface area contributed by atoms with Gasteiger partial charge >= 0.3 is 24.7 Å². The molecule has 0 aromatic heterocycles. The first kappa shape index (κ1) is 18.7. The van der Waals surface area contributed by atoms with Crippen LogP contribution in [0.4, 0.5) is 13.2 Å². The van der Waals surface area contributed by atoms with Crippen LogP contribution in [0.5, 0.6) is 0 Å². The predicted octanol–water partition coefficient (Wildman–Crippen LogP) is 1.80. The molecule has 2 aromatic carbocycles. The molecule has 0 unspecified atom stereocenters. The highest BCUT2D eigenvalue weighted by molar-refractivity contribution is 7.88. The van der Waals surface area contributed by atoms with Crippen LogP contribution in [-0.2, 0) is 25.3 Å². The first-order valence-corrected chi connectivity index (χ1v) is 9.58. The molecule has 24 heavy (non-hydrogen) atoms. The van der Waals surface area contributed by atoms with Crippen molar-refractivity contribution in [2.45, 2.75) is 12.1 Å². The average Bonchev–Trinajstić information content (AvgIpc) is 2.53. The fraction of sp³-hybridized carbons (Fsp3) is 0.200. The molecule has 0 aliphatic heterocycles. The van der Waals surface area contributed by atoms with Crippen molar-refractivity contribution < 1.29 is 30.2 Å². The van der Waals surface area contributed by atoms with Crippen molar-refractivity contribution in [3.8, 4) is 0 Å². The van der Waals surface area contributed by atoms with Crippen molar-refractivity contribution in [1.29, 1.82) is 0 Å². The molecule has 0 bridgehead atoms. The van der Waals surface area contributed by atoms with Crippen LogP contribution in [0.1, 0.15) is 5.56 Å².